The molecule has 1 heterocycles. The Balaban J connectivity index is 1.33. The smallest absolute Gasteiger partial charge is 0.231 e. The van der Waals surface area contributed by atoms with Gasteiger partial charge in [0.1, 0.15) is 5.78 Å². The zero-order chi connectivity index (χ0) is 22.8. The van der Waals surface area contributed by atoms with Crippen LogP contribution in [0.1, 0.15) is 48.4 Å². The van der Waals surface area contributed by atoms with Crippen LogP contribution in [0.2, 0.25) is 0 Å². The average Bonchev–Trinajstić information content (AvgIpc) is 3.52. The predicted octanol–water partition coefficient (Wildman–Crippen LogP) is 5.73. The van der Waals surface area contributed by atoms with Gasteiger partial charge < -0.3 is 14.8 Å². The summed E-state index contributed by atoms with van der Waals surface area (Å²) in [5, 5.41) is 3.45. The molecule has 4 nitrogen and oxygen atoms in total. The fourth-order valence-electron chi connectivity index (χ4n) is 4.70. The molecule has 1 N–H and O–H groups in total. The Hall–Kier alpha value is -3.11. The number of nitrogens with one attached hydrogen (secondary N) is 1. The second-order valence-corrected chi connectivity index (χ2v) is 9.27. The molecular formula is C29H31NO3. The van der Waals surface area contributed by atoms with E-state index in [-0.39, 0.29) is 18.0 Å². The lowest BCUT2D eigenvalue weighted by molar-refractivity contribution is -0.120. The molecule has 2 aliphatic rings. The molecule has 0 bridgehead atoms. The molecule has 0 amide bonds. The van der Waals surface area contributed by atoms with E-state index in [0.717, 1.165) is 55.0 Å². The first-order chi connectivity index (χ1) is 16.1. The summed E-state index contributed by atoms with van der Waals surface area (Å²) in [6, 6.07) is 21.1. The van der Waals surface area contributed by atoms with Crippen LogP contribution in [0.25, 0.3) is 11.1 Å². The largest absolute Gasteiger partial charge is 0.454 e. The lowest BCUT2D eigenvalue weighted by atomic mass is 9.87. The van der Waals surface area contributed by atoms with Gasteiger partial charge >= 0.3 is 0 Å². The van der Waals surface area contributed by atoms with Crippen LogP contribution in [0, 0.1) is 6.92 Å². The van der Waals surface area contributed by atoms with E-state index in [2.05, 4.69) is 61.6 Å². The van der Waals surface area contributed by atoms with Gasteiger partial charge in [0.05, 0.1) is 5.41 Å². The van der Waals surface area contributed by atoms with Crippen molar-refractivity contribution in [1.29, 1.82) is 0 Å². The molecule has 1 fully saturated rings. The van der Waals surface area contributed by atoms with Crippen molar-refractivity contribution in [3.8, 4) is 22.6 Å². The number of carbonyl (C=O) groups is 1. The number of ketones is 1. The van der Waals surface area contributed by atoms with Crippen LogP contribution in [0.15, 0.2) is 60.7 Å². The SMILES string of the molecule is CCCNCc1ccc(-c2cc(CC(=O)C3(c4ccc5c(c4)OCO5)CC3)ccc2C)cc1. The highest BCUT2D eigenvalue weighted by atomic mass is 16.7. The summed E-state index contributed by atoms with van der Waals surface area (Å²) in [4.78, 5) is 13.4. The number of hydrogen-bond acceptors (Lipinski definition) is 4. The maximum atomic E-state index is 13.4. The Morgan fingerprint density at radius 1 is 0.939 bits per heavy atom. The quantitative estimate of drug-likeness (QED) is 0.431. The third-order valence-electron chi connectivity index (χ3n) is 6.90. The Kier molecular flexibility index (Phi) is 5.94. The Morgan fingerprint density at radius 3 is 2.45 bits per heavy atom. The summed E-state index contributed by atoms with van der Waals surface area (Å²) >= 11 is 0. The molecule has 0 unspecified atom stereocenters. The van der Waals surface area contributed by atoms with Crippen molar-refractivity contribution in [2.45, 2.75) is 51.5 Å². The Labute approximate surface area is 195 Å². The number of fused-ring (bicyclic) bond motifs is 1. The van der Waals surface area contributed by atoms with E-state index in [1.54, 1.807) is 0 Å². The average molecular weight is 442 g/mol. The van der Waals surface area contributed by atoms with Crippen molar-refractivity contribution in [2.75, 3.05) is 13.3 Å². The zero-order valence-corrected chi connectivity index (χ0v) is 19.4. The van der Waals surface area contributed by atoms with Crippen molar-refractivity contribution >= 4 is 5.78 Å². The third kappa shape index (κ3) is 4.40. The standard InChI is InChI=1S/C29H31NO3/c1-3-14-30-18-21-6-8-23(9-7-21)25-15-22(5-4-20(25)2)16-28(31)29(12-13-29)24-10-11-26-27(17-24)33-19-32-26/h4-11,15,17,30H,3,12-14,16,18-19H2,1-2H3. The fraction of sp³-hybridized carbons (Fsp3) is 0.345. The van der Waals surface area contributed by atoms with Crippen LogP contribution in [0.3, 0.4) is 0 Å². The predicted molar refractivity (Wildman–Crippen MR) is 131 cm³/mol. The summed E-state index contributed by atoms with van der Waals surface area (Å²) in [7, 11) is 0. The Morgan fingerprint density at radius 2 is 1.70 bits per heavy atom. The van der Waals surface area contributed by atoms with Crippen LogP contribution >= 0.6 is 0 Å². The fourth-order valence-corrected chi connectivity index (χ4v) is 4.70. The molecule has 170 valence electrons. The van der Waals surface area contributed by atoms with Gasteiger partial charge in [0.2, 0.25) is 6.79 Å². The van der Waals surface area contributed by atoms with Crippen LogP contribution in [0.5, 0.6) is 11.5 Å². The van der Waals surface area contributed by atoms with Crippen molar-refractivity contribution < 1.29 is 14.3 Å². The summed E-state index contributed by atoms with van der Waals surface area (Å²) in [6.07, 6.45) is 3.38. The summed E-state index contributed by atoms with van der Waals surface area (Å²) in [5.41, 5.74) is 6.64. The van der Waals surface area contributed by atoms with Crippen molar-refractivity contribution in [3.63, 3.8) is 0 Å². The minimum absolute atomic E-state index is 0.252. The lowest BCUT2D eigenvalue weighted by Crippen LogP contribution is -2.22. The molecular weight excluding hydrogens is 410 g/mol. The molecule has 1 aliphatic carbocycles. The molecule has 0 aromatic heterocycles. The maximum Gasteiger partial charge on any atom is 0.231 e. The number of rotatable bonds is 9. The zero-order valence-electron chi connectivity index (χ0n) is 19.4. The topological polar surface area (TPSA) is 47.6 Å². The molecule has 33 heavy (non-hydrogen) atoms. The number of ether oxygens (including phenoxy) is 2. The Bertz CT molecular complexity index is 1160. The van der Waals surface area contributed by atoms with E-state index in [9.17, 15) is 4.79 Å². The van der Waals surface area contributed by atoms with E-state index < -0.39 is 0 Å². The van der Waals surface area contributed by atoms with Gasteiger partial charge in [-0.05, 0) is 78.2 Å². The first-order valence-electron chi connectivity index (χ1n) is 11.9. The van der Waals surface area contributed by atoms with E-state index in [4.69, 9.17) is 9.47 Å². The number of hydrogen-bond donors (Lipinski definition) is 1. The molecule has 1 aliphatic heterocycles. The third-order valence-corrected chi connectivity index (χ3v) is 6.90. The molecule has 4 heteroatoms. The number of Topliss-reactive ketones (excluding diaryl/α,β-unsaturated/α-hetero) is 1. The van der Waals surface area contributed by atoms with Gasteiger partial charge in [0.15, 0.2) is 11.5 Å². The van der Waals surface area contributed by atoms with E-state index >= 15 is 0 Å². The van der Waals surface area contributed by atoms with Gasteiger partial charge in [-0.3, -0.25) is 4.79 Å². The second kappa shape index (κ2) is 9.03. The molecule has 1 saturated carbocycles. The normalized spacial score (nSPS) is 15.5. The lowest BCUT2D eigenvalue weighted by Gasteiger charge is -2.16. The summed E-state index contributed by atoms with van der Waals surface area (Å²) in [6.45, 7) is 6.49. The van der Waals surface area contributed by atoms with Gasteiger partial charge in [-0.15, -0.1) is 0 Å². The van der Waals surface area contributed by atoms with Crippen LogP contribution in [0.4, 0.5) is 0 Å². The van der Waals surface area contributed by atoms with Crippen LogP contribution in [-0.2, 0) is 23.2 Å². The van der Waals surface area contributed by atoms with Gasteiger partial charge in [0, 0.05) is 13.0 Å². The van der Waals surface area contributed by atoms with Crippen LogP contribution < -0.4 is 14.8 Å². The number of carbonyl (C=O) groups excluding carboxylic acids is 1. The van der Waals surface area contributed by atoms with Crippen molar-refractivity contribution in [3.05, 3.63) is 82.9 Å². The van der Waals surface area contributed by atoms with Crippen molar-refractivity contribution in [2.24, 2.45) is 0 Å². The molecule has 0 radical (unpaired) electrons. The summed E-state index contributed by atoms with van der Waals surface area (Å²) < 4.78 is 11.0. The first-order valence-corrected chi connectivity index (χ1v) is 11.9. The van der Waals surface area contributed by atoms with Crippen LogP contribution in [-0.4, -0.2) is 19.1 Å². The minimum Gasteiger partial charge on any atom is -0.454 e. The minimum atomic E-state index is -0.376. The molecule has 0 spiro atoms. The number of aryl methyl sites for hydroxylation is 1. The van der Waals surface area contributed by atoms with E-state index in [1.165, 1.54) is 22.3 Å². The van der Waals surface area contributed by atoms with E-state index in [1.807, 2.05) is 18.2 Å². The molecule has 0 saturated heterocycles. The highest BCUT2D eigenvalue weighted by Gasteiger charge is 2.50. The first kappa shape index (κ1) is 21.7. The van der Waals surface area contributed by atoms with Gasteiger partial charge in [-0.1, -0.05) is 55.5 Å². The van der Waals surface area contributed by atoms with Crippen molar-refractivity contribution in [1.82, 2.24) is 5.32 Å². The van der Waals surface area contributed by atoms with Gasteiger partial charge in [-0.25, -0.2) is 0 Å². The second-order valence-electron chi connectivity index (χ2n) is 9.27. The van der Waals surface area contributed by atoms with Gasteiger partial charge in [0.25, 0.3) is 0 Å². The molecule has 3 aromatic carbocycles. The summed E-state index contributed by atoms with van der Waals surface area (Å²) in [5.74, 6) is 1.79. The van der Waals surface area contributed by atoms with Gasteiger partial charge in [-0.2, -0.15) is 0 Å². The highest BCUT2D eigenvalue weighted by molar-refractivity contribution is 5.95. The number of benzene rings is 3. The monoisotopic (exact) mass is 441 g/mol. The maximum absolute atomic E-state index is 13.4. The molecule has 5 rings (SSSR count). The highest BCUT2D eigenvalue weighted by Crippen LogP contribution is 2.51. The van der Waals surface area contributed by atoms with E-state index in [0.29, 0.717) is 6.42 Å². The molecule has 0 atom stereocenters. The molecule has 3 aromatic rings.